The zero-order valence-electron chi connectivity index (χ0n) is 15.8. The van der Waals surface area contributed by atoms with Crippen LogP contribution in [-0.4, -0.2) is 23.0 Å². The van der Waals surface area contributed by atoms with E-state index in [1.807, 2.05) is 39.8 Å². The van der Waals surface area contributed by atoms with Crippen LogP contribution in [0.5, 0.6) is 0 Å². The number of aryl methyl sites for hydroxylation is 1. The molecule has 0 aliphatic carbocycles. The molecule has 2 aromatic rings. The Balaban J connectivity index is 1.97. The Morgan fingerprint density at radius 3 is 2.23 bits per heavy atom. The van der Waals surface area contributed by atoms with Crippen molar-refractivity contribution in [3.8, 4) is 0 Å². The molecule has 0 fully saturated rings. The highest BCUT2D eigenvalue weighted by molar-refractivity contribution is 5.96. The number of carbonyl (C=O) groups is 2. The van der Waals surface area contributed by atoms with E-state index in [4.69, 9.17) is 4.52 Å². The Morgan fingerprint density at radius 1 is 1.12 bits per heavy atom. The van der Waals surface area contributed by atoms with Crippen molar-refractivity contribution in [2.75, 3.05) is 16.0 Å². The minimum atomic E-state index is -0.457. The van der Waals surface area contributed by atoms with Crippen LogP contribution >= 0.6 is 0 Å². The third-order valence-electron chi connectivity index (χ3n) is 3.77. The van der Waals surface area contributed by atoms with Gasteiger partial charge in [-0.25, -0.2) is 0 Å². The van der Waals surface area contributed by atoms with E-state index >= 15 is 0 Å². The number of nitrogens with one attached hydrogen (secondary N) is 3. The summed E-state index contributed by atoms with van der Waals surface area (Å²) in [5.41, 5.74) is 1.05. The number of nitrogens with zero attached hydrogens (tertiary/aromatic N) is 1. The molecule has 0 saturated heterocycles. The van der Waals surface area contributed by atoms with Gasteiger partial charge in [-0.3, -0.25) is 9.59 Å². The summed E-state index contributed by atoms with van der Waals surface area (Å²) in [7, 11) is 0. The average Bonchev–Trinajstić information content (AvgIpc) is 2.98. The van der Waals surface area contributed by atoms with Gasteiger partial charge in [-0.2, -0.15) is 0 Å². The standard InChI is InChI=1S/C19H26N4O3/c1-6-15(17(24)22-16-11-12(2)26-23-16)20-13-7-9-14(10-8-13)21-18(25)19(3,4)5/h7-11,15,20H,6H2,1-5H3,(H,21,25)(H,22,23,24). The molecule has 1 atom stereocenters. The first kappa shape index (κ1) is 19.5. The predicted octanol–water partition coefficient (Wildman–Crippen LogP) is 3.80. The number of benzene rings is 1. The van der Waals surface area contributed by atoms with Crippen molar-refractivity contribution < 1.29 is 14.1 Å². The van der Waals surface area contributed by atoms with Gasteiger partial charge in [-0.1, -0.05) is 32.9 Å². The lowest BCUT2D eigenvalue weighted by molar-refractivity contribution is -0.123. The van der Waals surface area contributed by atoms with Crippen LogP contribution in [0.3, 0.4) is 0 Å². The maximum atomic E-state index is 12.4. The Bertz CT molecular complexity index is 760. The van der Waals surface area contributed by atoms with Crippen molar-refractivity contribution >= 4 is 29.0 Å². The van der Waals surface area contributed by atoms with Crippen LogP contribution < -0.4 is 16.0 Å². The van der Waals surface area contributed by atoms with Gasteiger partial charge in [0.15, 0.2) is 5.82 Å². The molecule has 0 bridgehead atoms. The Labute approximate surface area is 153 Å². The first-order valence-corrected chi connectivity index (χ1v) is 8.61. The molecule has 1 unspecified atom stereocenters. The molecule has 1 heterocycles. The van der Waals surface area contributed by atoms with Crippen LogP contribution in [0.25, 0.3) is 0 Å². The number of rotatable bonds is 6. The molecule has 1 aromatic carbocycles. The summed E-state index contributed by atoms with van der Waals surface area (Å²) in [5.74, 6) is 0.792. The van der Waals surface area contributed by atoms with E-state index in [1.54, 1.807) is 25.1 Å². The molecule has 0 radical (unpaired) electrons. The summed E-state index contributed by atoms with van der Waals surface area (Å²) in [5, 5.41) is 12.5. The summed E-state index contributed by atoms with van der Waals surface area (Å²) < 4.78 is 4.95. The predicted molar refractivity (Wildman–Crippen MR) is 102 cm³/mol. The van der Waals surface area contributed by atoms with Crippen LogP contribution in [0.2, 0.25) is 0 Å². The Hall–Kier alpha value is -2.83. The van der Waals surface area contributed by atoms with Crippen LogP contribution in [0.1, 0.15) is 39.9 Å². The molecule has 0 aliphatic heterocycles. The number of aromatic nitrogens is 1. The number of anilines is 3. The first-order chi connectivity index (χ1) is 12.2. The Morgan fingerprint density at radius 2 is 1.73 bits per heavy atom. The van der Waals surface area contributed by atoms with Gasteiger partial charge in [0.1, 0.15) is 11.8 Å². The fourth-order valence-electron chi connectivity index (χ4n) is 2.16. The van der Waals surface area contributed by atoms with Crippen LogP contribution in [-0.2, 0) is 9.59 Å². The Kier molecular flexibility index (Phi) is 6.02. The molecular weight excluding hydrogens is 332 g/mol. The zero-order chi connectivity index (χ0) is 19.3. The minimum absolute atomic E-state index is 0.0491. The van der Waals surface area contributed by atoms with Crippen LogP contribution in [0.15, 0.2) is 34.9 Å². The molecule has 0 aliphatic rings. The third kappa shape index (κ3) is 5.34. The number of amides is 2. The van der Waals surface area contributed by atoms with Gasteiger partial charge in [-0.05, 0) is 37.6 Å². The van der Waals surface area contributed by atoms with Gasteiger partial charge in [-0.15, -0.1) is 0 Å². The summed E-state index contributed by atoms with van der Waals surface area (Å²) in [4.78, 5) is 24.4. The lowest BCUT2D eigenvalue weighted by atomic mass is 9.95. The normalized spacial score (nSPS) is 12.3. The zero-order valence-corrected chi connectivity index (χ0v) is 15.8. The van der Waals surface area contributed by atoms with E-state index in [-0.39, 0.29) is 11.8 Å². The van der Waals surface area contributed by atoms with E-state index in [2.05, 4.69) is 21.1 Å². The van der Waals surface area contributed by atoms with Crippen molar-refractivity contribution in [1.29, 1.82) is 0 Å². The monoisotopic (exact) mass is 358 g/mol. The van der Waals surface area contributed by atoms with Crippen LogP contribution in [0.4, 0.5) is 17.2 Å². The van der Waals surface area contributed by atoms with Crippen LogP contribution in [0, 0.1) is 12.3 Å². The second kappa shape index (κ2) is 8.03. The summed E-state index contributed by atoms with van der Waals surface area (Å²) >= 11 is 0. The quantitative estimate of drug-likeness (QED) is 0.730. The smallest absolute Gasteiger partial charge is 0.248 e. The SMILES string of the molecule is CCC(Nc1ccc(NC(=O)C(C)(C)C)cc1)C(=O)Nc1cc(C)on1. The first-order valence-electron chi connectivity index (χ1n) is 8.61. The van der Waals surface area contributed by atoms with Gasteiger partial charge in [0.05, 0.1) is 0 Å². The van der Waals surface area contributed by atoms with Gasteiger partial charge >= 0.3 is 0 Å². The maximum Gasteiger partial charge on any atom is 0.248 e. The van der Waals surface area contributed by atoms with Crippen molar-refractivity contribution in [3.05, 3.63) is 36.1 Å². The lowest BCUT2D eigenvalue weighted by Crippen LogP contribution is -2.34. The minimum Gasteiger partial charge on any atom is -0.374 e. The molecule has 2 amide bonds. The summed E-state index contributed by atoms with van der Waals surface area (Å²) in [6, 6.07) is 8.51. The highest BCUT2D eigenvalue weighted by Gasteiger charge is 2.21. The molecular formula is C19H26N4O3. The maximum absolute atomic E-state index is 12.4. The van der Waals surface area contributed by atoms with E-state index < -0.39 is 11.5 Å². The average molecular weight is 358 g/mol. The van der Waals surface area contributed by atoms with E-state index in [0.29, 0.717) is 23.7 Å². The van der Waals surface area contributed by atoms with Gasteiger partial charge in [0, 0.05) is 22.9 Å². The lowest BCUT2D eigenvalue weighted by Gasteiger charge is -2.19. The van der Waals surface area contributed by atoms with E-state index in [9.17, 15) is 9.59 Å². The van der Waals surface area contributed by atoms with E-state index in [1.165, 1.54) is 0 Å². The van der Waals surface area contributed by atoms with Crippen molar-refractivity contribution in [1.82, 2.24) is 5.16 Å². The molecule has 7 nitrogen and oxygen atoms in total. The van der Waals surface area contributed by atoms with Crippen molar-refractivity contribution in [2.45, 2.75) is 47.1 Å². The molecule has 0 spiro atoms. The molecule has 0 saturated carbocycles. The topological polar surface area (TPSA) is 96.3 Å². The summed E-state index contributed by atoms with van der Waals surface area (Å²) in [6.45, 7) is 9.26. The van der Waals surface area contributed by atoms with E-state index in [0.717, 1.165) is 5.69 Å². The highest BCUT2D eigenvalue weighted by Crippen LogP contribution is 2.20. The number of hydrogen-bond donors (Lipinski definition) is 3. The van der Waals surface area contributed by atoms with Crippen molar-refractivity contribution in [3.63, 3.8) is 0 Å². The van der Waals surface area contributed by atoms with Gasteiger partial charge in [0.25, 0.3) is 0 Å². The molecule has 7 heteroatoms. The second-order valence-electron chi connectivity index (χ2n) is 7.20. The summed E-state index contributed by atoms with van der Waals surface area (Å²) in [6.07, 6.45) is 0.602. The fraction of sp³-hybridized carbons (Fsp3) is 0.421. The molecule has 2 rings (SSSR count). The van der Waals surface area contributed by atoms with Crippen molar-refractivity contribution in [2.24, 2.45) is 5.41 Å². The van der Waals surface area contributed by atoms with Gasteiger partial charge < -0.3 is 20.5 Å². The fourth-order valence-corrected chi connectivity index (χ4v) is 2.16. The molecule has 3 N–H and O–H groups in total. The number of hydrogen-bond acceptors (Lipinski definition) is 5. The van der Waals surface area contributed by atoms with Gasteiger partial charge in [0.2, 0.25) is 11.8 Å². The third-order valence-corrected chi connectivity index (χ3v) is 3.77. The second-order valence-corrected chi connectivity index (χ2v) is 7.20. The highest BCUT2D eigenvalue weighted by atomic mass is 16.5. The molecule has 26 heavy (non-hydrogen) atoms. The molecule has 1 aromatic heterocycles. The number of carbonyl (C=O) groups excluding carboxylic acids is 2. The largest absolute Gasteiger partial charge is 0.374 e. The molecule has 140 valence electrons.